The number of allylic oxidation sites excluding steroid dienone is 2. The monoisotopic (exact) mass is 146 g/mol. The maximum absolute atomic E-state index is 8.69. The summed E-state index contributed by atoms with van der Waals surface area (Å²) in [6.07, 6.45) is 3.74. The Balaban J connectivity index is 3.13. The third-order valence-corrected chi connectivity index (χ3v) is 1.63. The molecule has 0 saturated carbocycles. The highest BCUT2D eigenvalue weighted by Gasteiger charge is 2.00. The first-order chi connectivity index (χ1) is 5.29. The minimum absolute atomic E-state index is 0.720. The van der Waals surface area contributed by atoms with Crippen molar-refractivity contribution in [3.05, 3.63) is 30.1 Å². The van der Waals surface area contributed by atoms with E-state index in [1.165, 1.54) is 0 Å². The largest absolute Gasteiger partial charge is 0.350 e. The predicted molar refractivity (Wildman–Crippen MR) is 44.7 cm³/mol. The van der Waals surface area contributed by atoms with Gasteiger partial charge in [-0.1, -0.05) is 6.08 Å². The van der Waals surface area contributed by atoms with Crippen LogP contribution in [0.2, 0.25) is 0 Å². The Bertz CT molecular complexity index is 313. The number of hydrogen-bond acceptors (Lipinski definition) is 1. The molecule has 0 radical (unpaired) electrons. The smallest absolute Gasteiger partial charge is 0.101 e. The standard InChI is InChI=1S/C9H10N2/c1-3-8(7-10)9-5-4-6-11(9)2/h3-6H,1-2H3/b8-3+. The molecule has 2 nitrogen and oxygen atoms in total. The molecule has 0 aliphatic heterocycles. The SMILES string of the molecule is C/C=C(\C#N)c1cccn1C. The Labute approximate surface area is 66.4 Å². The van der Waals surface area contributed by atoms with E-state index in [1.54, 1.807) is 0 Å². The predicted octanol–water partition coefficient (Wildman–Crippen LogP) is 1.95. The van der Waals surface area contributed by atoms with E-state index in [-0.39, 0.29) is 0 Å². The van der Waals surface area contributed by atoms with E-state index in [0.29, 0.717) is 0 Å². The van der Waals surface area contributed by atoms with E-state index in [4.69, 9.17) is 5.26 Å². The Hall–Kier alpha value is -1.49. The summed E-state index contributed by atoms with van der Waals surface area (Å²) in [6, 6.07) is 5.99. The summed E-state index contributed by atoms with van der Waals surface area (Å²) in [5.41, 5.74) is 1.69. The van der Waals surface area contributed by atoms with Gasteiger partial charge < -0.3 is 4.57 Å². The van der Waals surface area contributed by atoms with Gasteiger partial charge in [-0.15, -0.1) is 0 Å². The van der Waals surface area contributed by atoms with E-state index in [0.717, 1.165) is 11.3 Å². The summed E-state index contributed by atoms with van der Waals surface area (Å²) in [6.45, 7) is 1.87. The van der Waals surface area contributed by atoms with Crippen molar-refractivity contribution in [2.24, 2.45) is 7.05 Å². The first kappa shape index (κ1) is 7.62. The van der Waals surface area contributed by atoms with E-state index in [9.17, 15) is 0 Å². The number of aromatic nitrogens is 1. The van der Waals surface area contributed by atoms with Crippen LogP contribution < -0.4 is 0 Å². The molecule has 0 spiro atoms. The quantitative estimate of drug-likeness (QED) is 0.557. The van der Waals surface area contributed by atoms with Gasteiger partial charge in [0.25, 0.3) is 0 Å². The topological polar surface area (TPSA) is 28.7 Å². The van der Waals surface area contributed by atoms with Crippen LogP contribution in [0.3, 0.4) is 0 Å². The van der Waals surface area contributed by atoms with Crippen LogP contribution in [0.4, 0.5) is 0 Å². The molecule has 11 heavy (non-hydrogen) atoms. The second-order valence-electron chi connectivity index (χ2n) is 2.32. The highest BCUT2D eigenvalue weighted by Crippen LogP contribution is 2.12. The van der Waals surface area contributed by atoms with Crippen LogP contribution in [-0.2, 0) is 7.05 Å². The van der Waals surface area contributed by atoms with Crippen molar-refractivity contribution in [2.75, 3.05) is 0 Å². The van der Waals surface area contributed by atoms with Crippen LogP contribution in [-0.4, -0.2) is 4.57 Å². The third kappa shape index (κ3) is 1.32. The fraction of sp³-hybridized carbons (Fsp3) is 0.222. The highest BCUT2D eigenvalue weighted by atomic mass is 14.9. The molecule has 1 aromatic heterocycles. The molecule has 1 rings (SSSR count). The molecule has 56 valence electrons. The number of rotatable bonds is 1. The number of nitrogens with zero attached hydrogens (tertiary/aromatic N) is 2. The summed E-state index contributed by atoms with van der Waals surface area (Å²) < 4.78 is 1.93. The average molecular weight is 146 g/mol. The molecule has 0 bridgehead atoms. The van der Waals surface area contributed by atoms with Gasteiger partial charge in [-0.3, -0.25) is 0 Å². The lowest BCUT2D eigenvalue weighted by Gasteiger charge is -1.98. The third-order valence-electron chi connectivity index (χ3n) is 1.63. The van der Waals surface area contributed by atoms with Crippen molar-refractivity contribution in [1.29, 1.82) is 5.26 Å². The maximum atomic E-state index is 8.69. The number of aryl methyl sites for hydroxylation is 1. The molecule has 0 N–H and O–H groups in total. The van der Waals surface area contributed by atoms with Gasteiger partial charge in [0.2, 0.25) is 0 Å². The molecule has 1 aromatic rings. The minimum Gasteiger partial charge on any atom is -0.350 e. The highest BCUT2D eigenvalue weighted by molar-refractivity contribution is 5.74. The van der Waals surface area contributed by atoms with Crippen LogP contribution in [0.5, 0.6) is 0 Å². The zero-order valence-electron chi connectivity index (χ0n) is 6.70. The van der Waals surface area contributed by atoms with Gasteiger partial charge >= 0.3 is 0 Å². The molecule has 0 aromatic carbocycles. The fourth-order valence-electron chi connectivity index (χ4n) is 1.01. The van der Waals surface area contributed by atoms with Crippen LogP contribution in [0.25, 0.3) is 5.57 Å². The first-order valence-corrected chi connectivity index (χ1v) is 3.47. The van der Waals surface area contributed by atoms with Crippen molar-refractivity contribution in [2.45, 2.75) is 6.92 Å². The molecule has 2 heteroatoms. The van der Waals surface area contributed by atoms with Crippen LogP contribution in [0.1, 0.15) is 12.6 Å². The summed E-state index contributed by atoms with van der Waals surface area (Å²) in [5.74, 6) is 0. The van der Waals surface area contributed by atoms with Gasteiger partial charge in [-0.2, -0.15) is 5.26 Å². The second kappa shape index (κ2) is 3.07. The van der Waals surface area contributed by atoms with Crippen LogP contribution in [0, 0.1) is 11.3 Å². The van der Waals surface area contributed by atoms with Crippen molar-refractivity contribution in [3.63, 3.8) is 0 Å². The molecule has 0 atom stereocenters. The number of nitriles is 1. The summed E-state index contributed by atoms with van der Waals surface area (Å²) in [7, 11) is 1.93. The Morgan fingerprint density at radius 2 is 2.45 bits per heavy atom. The van der Waals surface area contributed by atoms with Gasteiger partial charge in [0.05, 0.1) is 11.3 Å². The summed E-state index contributed by atoms with van der Waals surface area (Å²) in [4.78, 5) is 0. The second-order valence-corrected chi connectivity index (χ2v) is 2.32. The molecule has 0 aliphatic carbocycles. The summed E-state index contributed by atoms with van der Waals surface area (Å²) >= 11 is 0. The fourth-order valence-corrected chi connectivity index (χ4v) is 1.01. The molecule has 0 unspecified atom stereocenters. The van der Waals surface area contributed by atoms with Crippen LogP contribution >= 0.6 is 0 Å². The lowest BCUT2D eigenvalue weighted by Crippen LogP contribution is -1.91. The normalized spacial score (nSPS) is 11.2. The zero-order valence-corrected chi connectivity index (χ0v) is 6.70. The van der Waals surface area contributed by atoms with Gasteiger partial charge in [0.15, 0.2) is 0 Å². The van der Waals surface area contributed by atoms with Gasteiger partial charge in [0, 0.05) is 13.2 Å². The average Bonchev–Trinajstić information content (AvgIpc) is 2.40. The van der Waals surface area contributed by atoms with Gasteiger partial charge in [-0.25, -0.2) is 0 Å². The van der Waals surface area contributed by atoms with E-state index in [2.05, 4.69) is 6.07 Å². The molecule has 0 aliphatic rings. The maximum Gasteiger partial charge on any atom is 0.101 e. The van der Waals surface area contributed by atoms with Gasteiger partial charge in [-0.05, 0) is 19.1 Å². The summed E-state index contributed by atoms with van der Waals surface area (Å²) in [5, 5.41) is 8.69. The minimum atomic E-state index is 0.720. The Morgan fingerprint density at radius 1 is 1.73 bits per heavy atom. The van der Waals surface area contributed by atoms with Crippen molar-refractivity contribution in [1.82, 2.24) is 4.57 Å². The Morgan fingerprint density at radius 3 is 2.82 bits per heavy atom. The van der Waals surface area contributed by atoms with E-state index >= 15 is 0 Å². The van der Waals surface area contributed by atoms with E-state index < -0.39 is 0 Å². The van der Waals surface area contributed by atoms with Gasteiger partial charge in [0.1, 0.15) is 6.07 Å². The van der Waals surface area contributed by atoms with Crippen molar-refractivity contribution < 1.29 is 0 Å². The van der Waals surface area contributed by atoms with Crippen molar-refractivity contribution in [3.8, 4) is 6.07 Å². The van der Waals surface area contributed by atoms with E-state index in [1.807, 2.05) is 42.9 Å². The zero-order chi connectivity index (χ0) is 8.27. The van der Waals surface area contributed by atoms with Crippen molar-refractivity contribution >= 4 is 5.57 Å². The lowest BCUT2D eigenvalue weighted by atomic mass is 10.2. The molecule has 0 fully saturated rings. The molecular formula is C9H10N2. The molecule has 1 heterocycles. The first-order valence-electron chi connectivity index (χ1n) is 3.47. The molecule has 0 saturated heterocycles. The Kier molecular flexibility index (Phi) is 2.12. The number of hydrogen-bond donors (Lipinski definition) is 0. The molecular weight excluding hydrogens is 136 g/mol. The lowest BCUT2D eigenvalue weighted by molar-refractivity contribution is 0.911. The van der Waals surface area contributed by atoms with Crippen LogP contribution in [0.15, 0.2) is 24.4 Å². The molecule has 0 amide bonds.